The van der Waals surface area contributed by atoms with Crippen molar-refractivity contribution in [2.24, 2.45) is 5.73 Å². The largest absolute Gasteiger partial charge is 0.440 e. The van der Waals surface area contributed by atoms with E-state index in [0.29, 0.717) is 35.1 Å². The number of halogens is 2. The van der Waals surface area contributed by atoms with E-state index in [1.54, 1.807) is 28.8 Å². The first-order chi connectivity index (χ1) is 13.9. The van der Waals surface area contributed by atoms with Crippen LogP contribution < -0.4 is 16.0 Å². The topological polar surface area (TPSA) is 90.3 Å². The molecule has 1 aromatic carbocycles. The molecule has 0 amide bonds. The fourth-order valence-corrected chi connectivity index (χ4v) is 4.38. The number of fused-ring (bicyclic) bond motifs is 1. The maximum atomic E-state index is 13.5. The predicted octanol–water partition coefficient (Wildman–Crippen LogP) is 3.86. The van der Waals surface area contributed by atoms with Crippen molar-refractivity contribution < 1.29 is 9.47 Å². The van der Waals surface area contributed by atoms with Gasteiger partial charge in [0.1, 0.15) is 17.4 Å². The summed E-state index contributed by atoms with van der Waals surface area (Å²) in [4.78, 5) is 13.5. The van der Waals surface area contributed by atoms with Crippen molar-refractivity contribution in [3.8, 4) is 11.8 Å². The van der Waals surface area contributed by atoms with Crippen molar-refractivity contribution in [3.05, 3.63) is 72.9 Å². The number of benzene rings is 1. The third-order valence-electron chi connectivity index (χ3n) is 5.39. The fourth-order valence-electron chi connectivity index (χ4n) is 3.96. The summed E-state index contributed by atoms with van der Waals surface area (Å²) in [5, 5.41) is 10.4. The Balaban J connectivity index is 1.94. The van der Waals surface area contributed by atoms with E-state index in [-0.39, 0.29) is 28.1 Å². The van der Waals surface area contributed by atoms with Crippen LogP contribution in [0.4, 0.5) is 0 Å². The molecule has 0 radical (unpaired) electrons. The highest BCUT2D eigenvalue weighted by atomic mass is 35.5. The summed E-state index contributed by atoms with van der Waals surface area (Å²) in [7, 11) is 0. The first-order valence-corrected chi connectivity index (χ1v) is 10.1. The Morgan fingerprint density at radius 3 is 2.86 bits per heavy atom. The van der Waals surface area contributed by atoms with Gasteiger partial charge in [0.2, 0.25) is 5.88 Å². The van der Waals surface area contributed by atoms with Gasteiger partial charge in [0, 0.05) is 18.4 Å². The zero-order valence-electron chi connectivity index (χ0n) is 15.7. The summed E-state index contributed by atoms with van der Waals surface area (Å²) in [5.41, 5.74) is 7.49. The van der Waals surface area contributed by atoms with E-state index >= 15 is 0 Å². The second kappa shape index (κ2) is 7.75. The van der Waals surface area contributed by atoms with Crippen molar-refractivity contribution >= 4 is 23.2 Å². The van der Waals surface area contributed by atoms with Crippen molar-refractivity contribution in [3.63, 3.8) is 0 Å². The zero-order chi connectivity index (χ0) is 20.7. The van der Waals surface area contributed by atoms with Crippen LogP contribution in [0.15, 0.2) is 40.5 Å². The summed E-state index contributed by atoms with van der Waals surface area (Å²) in [5.74, 6) is -0.482. The monoisotopic (exact) mass is 431 g/mol. The number of aryl methyl sites for hydroxylation is 1. The molecule has 8 heteroatoms. The van der Waals surface area contributed by atoms with Gasteiger partial charge < -0.3 is 19.8 Å². The van der Waals surface area contributed by atoms with Crippen LogP contribution >= 0.6 is 23.2 Å². The van der Waals surface area contributed by atoms with E-state index in [9.17, 15) is 10.1 Å². The van der Waals surface area contributed by atoms with Crippen molar-refractivity contribution in [2.75, 3.05) is 6.61 Å². The summed E-state index contributed by atoms with van der Waals surface area (Å²) < 4.78 is 13.0. The van der Waals surface area contributed by atoms with Crippen LogP contribution in [-0.4, -0.2) is 17.3 Å². The molecular formula is C21H19Cl2N3O3. The van der Waals surface area contributed by atoms with Gasteiger partial charge in [-0.2, -0.15) is 5.26 Å². The van der Waals surface area contributed by atoms with Gasteiger partial charge in [-0.15, -0.1) is 0 Å². The van der Waals surface area contributed by atoms with Crippen LogP contribution in [0.2, 0.25) is 10.0 Å². The zero-order valence-corrected chi connectivity index (χ0v) is 17.3. The molecule has 0 saturated carbocycles. The highest BCUT2D eigenvalue weighted by molar-refractivity contribution is 6.42. The van der Waals surface area contributed by atoms with Gasteiger partial charge in [0.15, 0.2) is 0 Å². The van der Waals surface area contributed by atoms with E-state index in [1.165, 1.54) is 0 Å². The van der Waals surface area contributed by atoms with Crippen LogP contribution in [0.5, 0.6) is 5.75 Å². The minimum atomic E-state index is -0.765. The molecule has 29 heavy (non-hydrogen) atoms. The highest BCUT2D eigenvalue weighted by Crippen LogP contribution is 2.44. The highest BCUT2D eigenvalue weighted by Gasteiger charge is 2.36. The molecule has 3 heterocycles. The molecule has 150 valence electrons. The Labute approximate surface area is 178 Å². The lowest BCUT2D eigenvalue weighted by molar-refractivity contribution is 0.0955. The summed E-state index contributed by atoms with van der Waals surface area (Å²) in [6.45, 7) is 2.97. The van der Waals surface area contributed by atoms with Crippen molar-refractivity contribution in [1.82, 2.24) is 4.57 Å². The number of aromatic nitrogens is 1. The molecule has 4 rings (SSSR count). The van der Waals surface area contributed by atoms with Crippen LogP contribution in [-0.2, 0) is 11.3 Å². The molecule has 1 fully saturated rings. The smallest absolute Gasteiger partial charge is 0.258 e. The maximum absolute atomic E-state index is 13.5. The maximum Gasteiger partial charge on any atom is 0.258 e. The van der Waals surface area contributed by atoms with E-state index in [2.05, 4.69) is 6.07 Å². The number of pyridine rings is 1. The Morgan fingerprint density at radius 1 is 1.38 bits per heavy atom. The van der Waals surface area contributed by atoms with E-state index < -0.39 is 5.92 Å². The number of allylic oxidation sites excluding steroid dienone is 1. The van der Waals surface area contributed by atoms with E-state index in [0.717, 1.165) is 18.5 Å². The van der Waals surface area contributed by atoms with Gasteiger partial charge in [0.25, 0.3) is 5.56 Å². The van der Waals surface area contributed by atoms with Crippen LogP contribution in [0.3, 0.4) is 0 Å². The number of nitrogens with zero attached hydrogens (tertiary/aromatic N) is 2. The molecule has 2 aliphatic rings. The fraction of sp³-hybridized carbons (Fsp3) is 0.333. The van der Waals surface area contributed by atoms with E-state index in [1.807, 2.05) is 6.92 Å². The lowest BCUT2D eigenvalue weighted by Crippen LogP contribution is -2.35. The molecule has 1 aromatic heterocycles. The molecule has 6 nitrogen and oxygen atoms in total. The molecular weight excluding hydrogens is 413 g/mol. The molecule has 2 aromatic rings. The molecule has 2 N–H and O–H groups in total. The van der Waals surface area contributed by atoms with E-state index in [4.69, 9.17) is 38.4 Å². The summed E-state index contributed by atoms with van der Waals surface area (Å²) in [6.07, 6.45) is 1.86. The number of nitriles is 1. The van der Waals surface area contributed by atoms with Crippen molar-refractivity contribution in [1.29, 1.82) is 5.26 Å². The first-order valence-electron chi connectivity index (χ1n) is 9.29. The Morgan fingerprint density at radius 2 is 2.17 bits per heavy atom. The SMILES string of the molecule is Cc1cc2c(c(=O)n1C[C@H]1CCCO1)[C@H](c1cccc(Cl)c1Cl)C(C#N)=C(N)O2. The minimum absolute atomic E-state index is 0.0155. The number of ether oxygens (including phenoxy) is 2. The molecule has 0 aliphatic carbocycles. The Kier molecular flexibility index (Phi) is 5.30. The quantitative estimate of drug-likeness (QED) is 0.796. The Hall–Kier alpha value is -2.46. The molecule has 0 bridgehead atoms. The molecule has 2 atom stereocenters. The average molecular weight is 432 g/mol. The summed E-state index contributed by atoms with van der Waals surface area (Å²) in [6, 6.07) is 8.96. The van der Waals surface area contributed by atoms with Crippen LogP contribution in [0.25, 0.3) is 0 Å². The van der Waals surface area contributed by atoms with Crippen molar-refractivity contribution in [2.45, 2.75) is 38.3 Å². The summed E-state index contributed by atoms with van der Waals surface area (Å²) >= 11 is 12.7. The molecule has 0 spiro atoms. The van der Waals surface area contributed by atoms with Crippen LogP contribution in [0, 0.1) is 18.3 Å². The average Bonchev–Trinajstić information content (AvgIpc) is 3.20. The number of rotatable bonds is 3. The normalized spacial score (nSPS) is 20.9. The molecule has 0 unspecified atom stereocenters. The third-order valence-corrected chi connectivity index (χ3v) is 6.23. The van der Waals surface area contributed by atoms with Gasteiger partial charge >= 0.3 is 0 Å². The third kappa shape index (κ3) is 3.40. The van der Waals surface area contributed by atoms with Gasteiger partial charge in [-0.3, -0.25) is 4.79 Å². The minimum Gasteiger partial charge on any atom is -0.440 e. The predicted molar refractivity (Wildman–Crippen MR) is 110 cm³/mol. The van der Waals surface area contributed by atoms with Gasteiger partial charge in [0.05, 0.1) is 34.2 Å². The second-order valence-corrected chi connectivity index (χ2v) is 7.97. The lowest BCUT2D eigenvalue weighted by atomic mass is 9.84. The second-order valence-electron chi connectivity index (χ2n) is 7.18. The van der Waals surface area contributed by atoms with Crippen LogP contribution in [0.1, 0.15) is 35.6 Å². The number of nitrogens with two attached hydrogens (primary N) is 1. The van der Waals surface area contributed by atoms with Gasteiger partial charge in [-0.1, -0.05) is 35.3 Å². The lowest BCUT2D eigenvalue weighted by Gasteiger charge is -2.28. The first kappa shape index (κ1) is 19.8. The number of hydrogen-bond acceptors (Lipinski definition) is 5. The molecule has 2 aliphatic heterocycles. The van der Waals surface area contributed by atoms with Gasteiger partial charge in [-0.25, -0.2) is 0 Å². The Bertz CT molecular complexity index is 1110. The number of hydrogen-bond donors (Lipinski definition) is 1. The van der Waals surface area contributed by atoms with Gasteiger partial charge in [-0.05, 0) is 31.4 Å². The standard InChI is InChI=1S/C21H19Cl2N3O3/c1-11-8-16-18(21(27)26(11)10-12-4-3-7-28-12)17(14(9-24)20(25)29-16)13-5-2-6-15(22)19(13)23/h2,5-6,8,12,17H,3-4,7,10,25H2,1H3/t12-,17-/m1/s1. The molecule has 1 saturated heterocycles.